The Labute approximate surface area is 194 Å². The summed E-state index contributed by atoms with van der Waals surface area (Å²) in [5, 5.41) is 2.73. The fraction of sp³-hybridized carbons (Fsp3) is 0.346. The number of amides is 3. The van der Waals surface area contributed by atoms with E-state index in [1.165, 1.54) is 11.8 Å². The maximum atomic E-state index is 13.6. The van der Waals surface area contributed by atoms with Crippen LogP contribution in [-0.2, 0) is 25.5 Å². The van der Waals surface area contributed by atoms with E-state index in [0.717, 1.165) is 5.56 Å². The molecule has 1 N–H and O–H groups in total. The molecule has 1 fully saturated rings. The van der Waals surface area contributed by atoms with Crippen molar-refractivity contribution in [3.63, 3.8) is 0 Å². The first-order chi connectivity index (χ1) is 15.8. The summed E-state index contributed by atoms with van der Waals surface area (Å²) in [6.07, 6.45) is 0.493. The van der Waals surface area contributed by atoms with Crippen molar-refractivity contribution < 1.29 is 19.1 Å². The average molecular weight is 448 g/mol. The molecule has 0 saturated carbocycles. The molecule has 4 rings (SSSR count). The predicted octanol–water partition coefficient (Wildman–Crippen LogP) is 3.08. The van der Waals surface area contributed by atoms with Crippen LogP contribution in [-0.4, -0.2) is 59.4 Å². The van der Waals surface area contributed by atoms with Gasteiger partial charge in [-0.05, 0) is 43.5 Å². The number of nitrogens with one attached hydrogen (secondary N) is 1. The molecular weight excluding hydrogens is 418 g/mol. The molecule has 7 heteroatoms. The fourth-order valence-electron chi connectivity index (χ4n) is 4.49. The summed E-state index contributed by atoms with van der Waals surface area (Å²) in [4.78, 5) is 41.8. The zero-order valence-electron chi connectivity index (χ0n) is 19.2. The normalized spacial score (nSPS) is 21.1. The van der Waals surface area contributed by atoms with Crippen LogP contribution in [0.25, 0.3) is 5.57 Å². The zero-order chi connectivity index (χ0) is 23.5. The van der Waals surface area contributed by atoms with E-state index in [-0.39, 0.29) is 29.9 Å². The van der Waals surface area contributed by atoms with Gasteiger partial charge >= 0.3 is 0 Å². The van der Waals surface area contributed by atoms with Gasteiger partial charge in [0, 0.05) is 32.2 Å². The van der Waals surface area contributed by atoms with Crippen LogP contribution in [0.1, 0.15) is 31.9 Å². The van der Waals surface area contributed by atoms with Crippen LogP contribution in [0.15, 0.2) is 60.3 Å². The van der Waals surface area contributed by atoms with Crippen molar-refractivity contribution in [1.82, 2.24) is 9.80 Å². The van der Waals surface area contributed by atoms with Crippen LogP contribution in [0.5, 0.6) is 0 Å². The van der Waals surface area contributed by atoms with Crippen LogP contribution in [0.3, 0.4) is 0 Å². The van der Waals surface area contributed by atoms with Crippen molar-refractivity contribution in [1.29, 1.82) is 0 Å². The van der Waals surface area contributed by atoms with Gasteiger partial charge < -0.3 is 15.0 Å². The second-order valence-corrected chi connectivity index (χ2v) is 8.64. The largest absolute Gasteiger partial charge is 0.372 e. The van der Waals surface area contributed by atoms with E-state index in [1.54, 1.807) is 24.3 Å². The second kappa shape index (κ2) is 9.58. The predicted molar refractivity (Wildman–Crippen MR) is 126 cm³/mol. The summed E-state index contributed by atoms with van der Waals surface area (Å²) in [7, 11) is 0. The number of hydrogen-bond acceptors (Lipinski definition) is 5. The summed E-state index contributed by atoms with van der Waals surface area (Å²) < 4.78 is 5.85. The number of carbonyl (C=O) groups excluding carboxylic acids is 3. The number of rotatable bonds is 6. The molecule has 2 aliphatic heterocycles. The van der Waals surface area contributed by atoms with Gasteiger partial charge in [-0.15, -0.1) is 0 Å². The van der Waals surface area contributed by atoms with Crippen molar-refractivity contribution in [2.45, 2.75) is 39.4 Å². The minimum Gasteiger partial charge on any atom is -0.372 e. The van der Waals surface area contributed by atoms with Crippen molar-refractivity contribution in [3.05, 3.63) is 71.4 Å². The van der Waals surface area contributed by atoms with Gasteiger partial charge in [-0.2, -0.15) is 0 Å². The first kappa shape index (κ1) is 22.7. The van der Waals surface area contributed by atoms with Gasteiger partial charge in [0.2, 0.25) is 5.91 Å². The quantitative estimate of drug-likeness (QED) is 0.689. The maximum absolute atomic E-state index is 13.6. The molecule has 2 atom stereocenters. The third-order valence-corrected chi connectivity index (χ3v) is 5.84. The van der Waals surface area contributed by atoms with Crippen LogP contribution >= 0.6 is 0 Å². The van der Waals surface area contributed by atoms with Crippen molar-refractivity contribution >= 4 is 29.0 Å². The van der Waals surface area contributed by atoms with E-state index in [2.05, 4.69) is 5.32 Å². The van der Waals surface area contributed by atoms with Gasteiger partial charge in [0.05, 0.1) is 17.8 Å². The smallest absolute Gasteiger partial charge is 0.277 e. The Morgan fingerprint density at radius 2 is 1.61 bits per heavy atom. The molecule has 3 amide bonds. The van der Waals surface area contributed by atoms with Crippen LogP contribution in [0.2, 0.25) is 0 Å². The van der Waals surface area contributed by atoms with Crippen LogP contribution < -0.4 is 5.32 Å². The molecule has 2 aromatic rings. The lowest BCUT2D eigenvalue weighted by Crippen LogP contribution is -2.47. The molecule has 2 aliphatic rings. The lowest BCUT2D eigenvalue weighted by atomic mass is 10.0. The molecule has 0 aliphatic carbocycles. The van der Waals surface area contributed by atoms with Gasteiger partial charge in [0.15, 0.2) is 0 Å². The molecule has 172 valence electrons. The van der Waals surface area contributed by atoms with Crippen molar-refractivity contribution in [2.24, 2.45) is 0 Å². The molecule has 7 nitrogen and oxygen atoms in total. The fourth-order valence-corrected chi connectivity index (χ4v) is 4.49. The number of imide groups is 1. The molecule has 2 heterocycles. The minimum atomic E-state index is -0.287. The number of benzene rings is 2. The topological polar surface area (TPSA) is 79.0 Å². The van der Waals surface area contributed by atoms with Crippen LogP contribution in [0, 0.1) is 0 Å². The second-order valence-electron chi connectivity index (χ2n) is 8.64. The number of carbonyl (C=O) groups is 3. The van der Waals surface area contributed by atoms with Gasteiger partial charge in [-0.25, -0.2) is 0 Å². The lowest BCUT2D eigenvalue weighted by Gasteiger charge is -2.37. The average Bonchev–Trinajstić information content (AvgIpc) is 3.02. The molecule has 0 radical (unpaired) electrons. The first-order valence-electron chi connectivity index (χ1n) is 11.3. The van der Waals surface area contributed by atoms with E-state index >= 15 is 0 Å². The molecule has 0 spiro atoms. The van der Waals surface area contributed by atoms with Gasteiger partial charge in [0.1, 0.15) is 5.70 Å². The Morgan fingerprint density at radius 1 is 0.970 bits per heavy atom. The molecule has 0 bridgehead atoms. The molecule has 0 aromatic heterocycles. The number of nitrogens with zero attached hydrogens (tertiary/aromatic N) is 2. The Bertz CT molecular complexity index is 1070. The SMILES string of the molecule is CC(=O)Nc1ccc(C2=C(N3CC(C)OC(C)C3)C(=O)N(CCc3ccccc3)C2=O)cc1. The highest BCUT2D eigenvalue weighted by Gasteiger charge is 2.42. The Kier molecular flexibility index (Phi) is 6.60. The van der Waals surface area contributed by atoms with E-state index in [0.29, 0.717) is 48.6 Å². The molecule has 33 heavy (non-hydrogen) atoms. The third-order valence-electron chi connectivity index (χ3n) is 5.84. The Hall–Kier alpha value is -3.45. The third kappa shape index (κ3) is 4.98. The molecular formula is C26H29N3O4. The molecule has 1 saturated heterocycles. The van der Waals surface area contributed by atoms with Crippen molar-refractivity contribution in [2.75, 3.05) is 25.0 Å². The number of morpholine rings is 1. The summed E-state index contributed by atoms with van der Waals surface area (Å²) in [5.74, 6) is -0.721. The van der Waals surface area contributed by atoms with Crippen LogP contribution in [0.4, 0.5) is 5.69 Å². The number of anilines is 1. The molecule has 2 unspecified atom stereocenters. The van der Waals surface area contributed by atoms with Gasteiger partial charge in [-0.3, -0.25) is 19.3 Å². The highest BCUT2D eigenvalue weighted by Crippen LogP contribution is 2.34. The lowest BCUT2D eigenvalue weighted by molar-refractivity contribution is -0.138. The highest BCUT2D eigenvalue weighted by atomic mass is 16.5. The van der Waals surface area contributed by atoms with E-state index in [1.807, 2.05) is 49.1 Å². The summed E-state index contributed by atoms with van der Waals surface area (Å²) in [5.41, 5.74) is 3.21. The molecule has 2 aromatic carbocycles. The standard InChI is InChI=1S/C26H29N3O4/c1-17-15-28(16-18(2)33-17)24-23(21-9-11-22(12-10-21)27-19(3)30)25(31)29(26(24)32)14-13-20-7-5-4-6-8-20/h4-12,17-18H,13-16H2,1-3H3,(H,27,30). The Balaban J connectivity index is 1.67. The monoisotopic (exact) mass is 447 g/mol. The van der Waals surface area contributed by atoms with E-state index in [4.69, 9.17) is 4.74 Å². The minimum absolute atomic E-state index is 0.0501. The number of hydrogen-bond donors (Lipinski definition) is 1. The van der Waals surface area contributed by atoms with E-state index in [9.17, 15) is 14.4 Å². The first-order valence-corrected chi connectivity index (χ1v) is 11.3. The summed E-state index contributed by atoms with van der Waals surface area (Å²) in [6, 6.07) is 16.9. The zero-order valence-corrected chi connectivity index (χ0v) is 19.2. The number of ether oxygens (including phenoxy) is 1. The Morgan fingerprint density at radius 3 is 2.21 bits per heavy atom. The van der Waals surface area contributed by atoms with Crippen molar-refractivity contribution in [3.8, 4) is 0 Å². The highest BCUT2D eigenvalue weighted by molar-refractivity contribution is 6.35. The van der Waals surface area contributed by atoms with Gasteiger partial charge in [-0.1, -0.05) is 42.5 Å². The maximum Gasteiger partial charge on any atom is 0.277 e. The summed E-state index contributed by atoms with van der Waals surface area (Å²) >= 11 is 0. The van der Waals surface area contributed by atoms with E-state index < -0.39 is 0 Å². The summed E-state index contributed by atoms with van der Waals surface area (Å²) in [6.45, 7) is 6.78. The van der Waals surface area contributed by atoms with Gasteiger partial charge in [0.25, 0.3) is 11.8 Å².